The molecular formula is C21H32B2O4. The van der Waals surface area contributed by atoms with Gasteiger partial charge in [-0.2, -0.15) is 0 Å². The average molecular weight is 370 g/mol. The lowest BCUT2D eigenvalue weighted by Gasteiger charge is -2.32. The molecule has 27 heavy (non-hydrogen) atoms. The number of hydrogen-bond acceptors (Lipinski definition) is 4. The molecule has 0 spiro atoms. The summed E-state index contributed by atoms with van der Waals surface area (Å²) in [6.45, 7) is 18.6. The van der Waals surface area contributed by atoms with Gasteiger partial charge in [-0.25, -0.2) is 0 Å². The summed E-state index contributed by atoms with van der Waals surface area (Å²) in [4.78, 5) is 0. The Hall–Kier alpha value is -1.07. The van der Waals surface area contributed by atoms with Gasteiger partial charge in [0.2, 0.25) is 0 Å². The molecule has 0 bridgehead atoms. The minimum atomic E-state index is -0.477. The van der Waals surface area contributed by atoms with E-state index in [1.807, 2.05) is 18.1 Å². The average Bonchev–Trinajstić information content (AvgIpc) is 2.85. The molecule has 0 unspecified atom stereocenters. The van der Waals surface area contributed by atoms with Crippen LogP contribution in [-0.4, -0.2) is 36.6 Å². The van der Waals surface area contributed by atoms with Gasteiger partial charge in [-0.3, -0.25) is 0 Å². The van der Waals surface area contributed by atoms with Crippen LogP contribution in [0.5, 0.6) is 0 Å². The largest absolute Gasteiger partial charge is 0.494 e. The van der Waals surface area contributed by atoms with Crippen LogP contribution >= 0.6 is 0 Å². The molecule has 1 aromatic carbocycles. The third-order valence-corrected chi connectivity index (χ3v) is 6.55. The first-order chi connectivity index (χ1) is 12.3. The highest BCUT2D eigenvalue weighted by Crippen LogP contribution is 2.42. The second-order valence-electron chi connectivity index (χ2n) is 9.65. The highest BCUT2D eigenvalue weighted by Gasteiger charge is 2.54. The van der Waals surface area contributed by atoms with Crippen LogP contribution in [0.25, 0.3) is 5.47 Å². The molecule has 2 fully saturated rings. The van der Waals surface area contributed by atoms with Crippen LogP contribution in [0.2, 0.25) is 0 Å². The standard InChI is InChI=1S/C21H32B2O4/c1-15-12-10-11-13-16(15)17(23-26-20(6,7)21(8,9)27-23)14-22-24-18(2,3)19(4,5)25-22/h10-14H,1-9H3/b17-14-. The zero-order chi connectivity index (χ0) is 20.3. The topological polar surface area (TPSA) is 36.9 Å². The van der Waals surface area contributed by atoms with Gasteiger partial charge in [0.1, 0.15) is 0 Å². The van der Waals surface area contributed by atoms with E-state index in [9.17, 15) is 0 Å². The lowest BCUT2D eigenvalue weighted by Crippen LogP contribution is -2.41. The quantitative estimate of drug-likeness (QED) is 0.727. The summed E-state index contributed by atoms with van der Waals surface area (Å²) in [7, 11) is -0.932. The summed E-state index contributed by atoms with van der Waals surface area (Å²) in [5, 5.41) is 0. The van der Waals surface area contributed by atoms with E-state index >= 15 is 0 Å². The Kier molecular flexibility index (Phi) is 4.96. The van der Waals surface area contributed by atoms with Crippen LogP contribution in [0.4, 0.5) is 0 Å². The fraction of sp³-hybridized carbons (Fsp3) is 0.619. The van der Waals surface area contributed by atoms with Crippen LogP contribution in [0.3, 0.4) is 0 Å². The van der Waals surface area contributed by atoms with Crippen LogP contribution < -0.4 is 0 Å². The van der Waals surface area contributed by atoms with E-state index < -0.39 is 25.4 Å². The molecule has 0 aromatic heterocycles. The maximum atomic E-state index is 6.35. The third-order valence-electron chi connectivity index (χ3n) is 6.55. The summed E-state index contributed by atoms with van der Waals surface area (Å²) in [5.74, 6) is 2.01. The summed E-state index contributed by atoms with van der Waals surface area (Å²) in [6, 6.07) is 8.26. The van der Waals surface area contributed by atoms with E-state index in [2.05, 4.69) is 74.4 Å². The molecule has 0 saturated carbocycles. The van der Waals surface area contributed by atoms with Crippen molar-refractivity contribution in [3.8, 4) is 0 Å². The van der Waals surface area contributed by atoms with E-state index in [4.69, 9.17) is 18.6 Å². The normalized spacial score (nSPS) is 25.9. The zero-order valence-electron chi connectivity index (χ0n) is 18.2. The maximum absolute atomic E-state index is 6.35. The zero-order valence-corrected chi connectivity index (χ0v) is 18.2. The van der Waals surface area contributed by atoms with Gasteiger partial charge in [0.05, 0.1) is 22.4 Å². The Morgan fingerprint density at radius 3 is 1.67 bits per heavy atom. The lowest BCUT2D eigenvalue weighted by atomic mass is 9.67. The van der Waals surface area contributed by atoms with Crippen LogP contribution in [0, 0.1) is 6.92 Å². The van der Waals surface area contributed by atoms with Gasteiger partial charge >= 0.3 is 14.2 Å². The van der Waals surface area contributed by atoms with Crippen LogP contribution in [0.1, 0.15) is 66.5 Å². The molecule has 0 N–H and O–H groups in total. The maximum Gasteiger partial charge on any atom is 0.494 e. The Labute approximate surface area is 164 Å². The van der Waals surface area contributed by atoms with Crippen molar-refractivity contribution in [3.63, 3.8) is 0 Å². The molecule has 2 aliphatic rings. The molecule has 0 radical (unpaired) electrons. The summed E-state index contributed by atoms with van der Waals surface area (Å²) < 4.78 is 25.1. The molecule has 3 rings (SSSR count). The first-order valence-electron chi connectivity index (χ1n) is 9.75. The second kappa shape index (κ2) is 6.48. The molecule has 6 heteroatoms. The fourth-order valence-corrected chi connectivity index (χ4v) is 3.27. The molecule has 146 valence electrons. The summed E-state index contributed by atoms with van der Waals surface area (Å²) in [5.41, 5.74) is 1.61. The number of rotatable bonds is 3. The molecule has 2 saturated heterocycles. The SMILES string of the molecule is Cc1ccccc1/C(=C/B1OC(C)(C)C(C)(C)O1)B1OC(C)(C)C(C)(C)O1. The van der Waals surface area contributed by atoms with Gasteiger partial charge in [0, 0.05) is 0 Å². The molecule has 1 aromatic rings. The number of aryl methyl sites for hydroxylation is 1. The van der Waals surface area contributed by atoms with Gasteiger partial charge in [0.15, 0.2) is 0 Å². The van der Waals surface area contributed by atoms with Crippen molar-refractivity contribution in [3.05, 3.63) is 41.4 Å². The van der Waals surface area contributed by atoms with E-state index in [1.165, 1.54) is 0 Å². The van der Waals surface area contributed by atoms with Crippen LogP contribution in [0.15, 0.2) is 30.2 Å². The molecule has 2 heterocycles. The first-order valence-corrected chi connectivity index (χ1v) is 9.75. The monoisotopic (exact) mass is 370 g/mol. The Morgan fingerprint density at radius 2 is 1.19 bits per heavy atom. The second-order valence-corrected chi connectivity index (χ2v) is 9.65. The van der Waals surface area contributed by atoms with E-state index in [0.29, 0.717) is 0 Å². The number of benzene rings is 1. The third kappa shape index (κ3) is 3.65. The molecule has 0 amide bonds. The molecular weight excluding hydrogens is 338 g/mol. The summed E-state index contributed by atoms with van der Waals surface area (Å²) >= 11 is 0. The van der Waals surface area contributed by atoms with Gasteiger partial charge in [-0.05, 0) is 78.9 Å². The van der Waals surface area contributed by atoms with Crippen molar-refractivity contribution >= 4 is 19.7 Å². The Bertz CT molecular complexity index is 720. The van der Waals surface area contributed by atoms with Crippen molar-refractivity contribution in [2.24, 2.45) is 0 Å². The van der Waals surface area contributed by atoms with Crippen molar-refractivity contribution < 1.29 is 18.6 Å². The predicted molar refractivity (Wildman–Crippen MR) is 111 cm³/mol. The highest BCUT2D eigenvalue weighted by atomic mass is 16.7. The van der Waals surface area contributed by atoms with Gasteiger partial charge in [-0.15, -0.1) is 0 Å². The van der Waals surface area contributed by atoms with Gasteiger partial charge in [-0.1, -0.05) is 30.2 Å². The van der Waals surface area contributed by atoms with E-state index in [0.717, 1.165) is 16.6 Å². The fourth-order valence-electron chi connectivity index (χ4n) is 3.27. The molecule has 0 aliphatic carbocycles. The highest BCUT2D eigenvalue weighted by molar-refractivity contribution is 6.72. The molecule has 4 nitrogen and oxygen atoms in total. The predicted octanol–water partition coefficient (Wildman–Crippen LogP) is 4.64. The minimum Gasteiger partial charge on any atom is -0.400 e. The minimum absolute atomic E-state index is 0.388. The van der Waals surface area contributed by atoms with E-state index in [1.54, 1.807) is 0 Å². The Balaban J connectivity index is 2.02. The Morgan fingerprint density at radius 1 is 0.741 bits per heavy atom. The van der Waals surface area contributed by atoms with Crippen LogP contribution in [-0.2, 0) is 18.6 Å². The van der Waals surface area contributed by atoms with Gasteiger partial charge in [0.25, 0.3) is 0 Å². The van der Waals surface area contributed by atoms with Crippen molar-refractivity contribution in [1.29, 1.82) is 0 Å². The van der Waals surface area contributed by atoms with Crippen molar-refractivity contribution in [2.45, 2.75) is 84.7 Å². The van der Waals surface area contributed by atoms with E-state index in [-0.39, 0.29) is 11.2 Å². The summed E-state index contributed by atoms with van der Waals surface area (Å²) in [6.07, 6.45) is 0. The smallest absolute Gasteiger partial charge is 0.400 e. The first kappa shape index (κ1) is 20.7. The van der Waals surface area contributed by atoms with Gasteiger partial charge < -0.3 is 18.6 Å². The molecule has 0 atom stereocenters. The van der Waals surface area contributed by atoms with Crippen molar-refractivity contribution in [1.82, 2.24) is 0 Å². The number of hydrogen-bond donors (Lipinski definition) is 0. The van der Waals surface area contributed by atoms with Crippen molar-refractivity contribution in [2.75, 3.05) is 0 Å². The molecule has 2 aliphatic heterocycles. The lowest BCUT2D eigenvalue weighted by molar-refractivity contribution is 0.00578.